The van der Waals surface area contributed by atoms with Crippen LogP contribution in [0.25, 0.3) is 0 Å². The van der Waals surface area contributed by atoms with Crippen molar-refractivity contribution in [2.75, 3.05) is 18.6 Å². The number of hydrogen-bond acceptors (Lipinski definition) is 6. The molecule has 1 aliphatic rings. The summed E-state index contributed by atoms with van der Waals surface area (Å²) < 4.78 is 4.64. The molecule has 166 valence electrons. The molecule has 0 aromatic heterocycles. The van der Waals surface area contributed by atoms with Crippen LogP contribution in [0.5, 0.6) is 0 Å². The molecule has 0 amide bonds. The van der Waals surface area contributed by atoms with Gasteiger partial charge in [-0.25, -0.2) is 0 Å². The van der Waals surface area contributed by atoms with Gasteiger partial charge in [-0.05, 0) is 37.4 Å². The molecule has 1 unspecified atom stereocenters. The third-order valence-corrected chi connectivity index (χ3v) is 7.20. The van der Waals surface area contributed by atoms with E-state index in [1.807, 2.05) is 17.8 Å². The van der Waals surface area contributed by atoms with Gasteiger partial charge in [0, 0.05) is 29.8 Å². The van der Waals surface area contributed by atoms with Gasteiger partial charge in [-0.15, -0.1) is 0 Å². The lowest BCUT2D eigenvalue weighted by Gasteiger charge is -2.20. The Morgan fingerprint density at radius 1 is 1.34 bits per heavy atom. The number of Topliss-reactive ketones (excluding diaryl/α,β-unsaturated/α-hetero) is 1. The number of esters is 1. The summed E-state index contributed by atoms with van der Waals surface area (Å²) in [7, 11) is 1.40. The average molecular weight is 443 g/mol. The molecule has 1 aliphatic carbocycles. The molecule has 0 heterocycles. The molecule has 0 radical (unpaired) electrons. The number of ketones is 1. The SMILES string of the molecule is CCCCC[C@H](O)/C=C/[C@H]1C(SCCS)CC(=O)[C@@H]1C/C=C\CCCC(=O)OC. The van der Waals surface area contributed by atoms with Crippen molar-refractivity contribution in [3.63, 3.8) is 0 Å². The van der Waals surface area contributed by atoms with E-state index in [0.29, 0.717) is 18.6 Å². The maximum absolute atomic E-state index is 12.6. The van der Waals surface area contributed by atoms with Crippen LogP contribution < -0.4 is 0 Å². The predicted molar refractivity (Wildman–Crippen MR) is 126 cm³/mol. The highest BCUT2D eigenvalue weighted by molar-refractivity contribution is 8.00. The number of carbonyl (C=O) groups excluding carboxylic acids is 2. The number of ether oxygens (including phenoxy) is 1. The summed E-state index contributed by atoms with van der Waals surface area (Å²) in [5, 5.41) is 10.5. The van der Waals surface area contributed by atoms with Crippen molar-refractivity contribution >= 4 is 36.1 Å². The monoisotopic (exact) mass is 442 g/mol. The van der Waals surface area contributed by atoms with Gasteiger partial charge < -0.3 is 9.84 Å². The lowest BCUT2D eigenvalue weighted by atomic mass is 9.91. The zero-order chi connectivity index (χ0) is 21.5. The van der Waals surface area contributed by atoms with Crippen LogP contribution in [0.3, 0.4) is 0 Å². The van der Waals surface area contributed by atoms with Gasteiger partial charge in [0.2, 0.25) is 0 Å². The van der Waals surface area contributed by atoms with Crippen molar-refractivity contribution in [1.82, 2.24) is 0 Å². The number of methoxy groups -OCH3 is 1. The van der Waals surface area contributed by atoms with Crippen LogP contribution in [-0.2, 0) is 14.3 Å². The van der Waals surface area contributed by atoms with Crippen LogP contribution in [-0.4, -0.2) is 46.8 Å². The molecular weight excluding hydrogens is 404 g/mol. The first kappa shape index (κ1) is 26.3. The Balaban J connectivity index is 2.63. The Labute approximate surface area is 186 Å². The van der Waals surface area contributed by atoms with Crippen molar-refractivity contribution in [2.24, 2.45) is 11.8 Å². The van der Waals surface area contributed by atoms with E-state index < -0.39 is 6.10 Å². The van der Waals surface area contributed by atoms with E-state index in [0.717, 1.165) is 56.5 Å². The van der Waals surface area contributed by atoms with E-state index in [2.05, 4.69) is 42.5 Å². The quantitative estimate of drug-likeness (QED) is 0.162. The number of aliphatic hydroxyl groups excluding tert-OH is 1. The maximum Gasteiger partial charge on any atom is 0.305 e. The molecule has 4 nitrogen and oxygen atoms in total. The van der Waals surface area contributed by atoms with Crippen molar-refractivity contribution in [3.05, 3.63) is 24.3 Å². The highest BCUT2D eigenvalue weighted by atomic mass is 32.2. The highest BCUT2D eigenvalue weighted by Crippen LogP contribution is 2.40. The molecule has 1 N–H and O–H groups in total. The normalized spacial score (nSPS) is 23.3. The van der Waals surface area contributed by atoms with Crippen LogP contribution in [0.4, 0.5) is 0 Å². The molecule has 0 bridgehead atoms. The van der Waals surface area contributed by atoms with Crippen LogP contribution in [0, 0.1) is 11.8 Å². The fraction of sp³-hybridized carbons (Fsp3) is 0.739. The number of aliphatic hydroxyl groups is 1. The van der Waals surface area contributed by atoms with Gasteiger partial charge in [0.05, 0.1) is 13.2 Å². The van der Waals surface area contributed by atoms with Gasteiger partial charge in [0.1, 0.15) is 5.78 Å². The second-order valence-electron chi connectivity index (χ2n) is 7.61. The van der Waals surface area contributed by atoms with E-state index in [9.17, 15) is 14.7 Å². The van der Waals surface area contributed by atoms with E-state index in [-0.39, 0.29) is 23.1 Å². The van der Waals surface area contributed by atoms with Crippen LogP contribution in [0.15, 0.2) is 24.3 Å². The molecule has 1 rings (SSSR count). The molecule has 6 heteroatoms. The van der Waals surface area contributed by atoms with Gasteiger partial charge in [-0.2, -0.15) is 24.4 Å². The molecule has 0 aromatic carbocycles. The van der Waals surface area contributed by atoms with Crippen LogP contribution in [0.1, 0.15) is 64.7 Å². The second-order valence-corrected chi connectivity index (χ2v) is 9.40. The summed E-state index contributed by atoms with van der Waals surface area (Å²) in [6, 6.07) is 0. The number of thioether (sulfide) groups is 1. The standard InChI is InChI=1S/C23H38O4S2/c1-3-4-7-10-18(24)13-14-20-19(21(25)17-22(20)29-16-15-28)11-8-5-6-9-12-23(26)27-2/h5,8,13-14,18-20,22,24,28H,3-4,6-7,9-12,15-17H2,1-2H3/b8-5-,14-13+/t18-,19+,20+,22?/m0/s1. The maximum atomic E-state index is 12.6. The van der Waals surface area contributed by atoms with Crippen molar-refractivity contribution < 1.29 is 19.4 Å². The first-order valence-corrected chi connectivity index (χ1v) is 12.5. The van der Waals surface area contributed by atoms with Gasteiger partial charge >= 0.3 is 5.97 Å². The Bertz CT molecular complexity index is 533. The topological polar surface area (TPSA) is 63.6 Å². The Kier molecular flexibility index (Phi) is 14.5. The minimum atomic E-state index is -0.428. The molecule has 29 heavy (non-hydrogen) atoms. The number of rotatable bonds is 15. The van der Waals surface area contributed by atoms with E-state index >= 15 is 0 Å². The Morgan fingerprint density at radius 3 is 2.83 bits per heavy atom. The van der Waals surface area contributed by atoms with Gasteiger partial charge in [-0.1, -0.05) is 50.5 Å². The first-order valence-electron chi connectivity index (χ1n) is 10.9. The van der Waals surface area contributed by atoms with Crippen molar-refractivity contribution in [3.8, 4) is 0 Å². The molecule has 0 saturated heterocycles. The summed E-state index contributed by atoms with van der Waals surface area (Å²) in [6.07, 6.45) is 15.1. The lowest BCUT2D eigenvalue weighted by Crippen LogP contribution is -2.18. The number of thiol groups is 1. The third kappa shape index (κ3) is 10.7. The summed E-state index contributed by atoms with van der Waals surface area (Å²) >= 11 is 6.12. The third-order valence-electron chi connectivity index (χ3n) is 5.33. The fourth-order valence-corrected chi connectivity index (χ4v) is 5.17. The largest absolute Gasteiger partial charge is 0.469 e. The number of hydrogen-bond donors (Lipinski definition) is 2. The summed E-state index contributed by atoms with van der Waals surface area (Å²) in [4.78, 5) is 23.8. The zero-order valence-corrected chi connectivity index (χ0v) is 19.6. The Hall–Kier alpha value is -0.720. The Morgan fingerprint density at radius 2 is 2.14 bits per heavy atom. The molecular formula is C23H38O4S2. The first-order chi connectivity index (χ1) is 14.0. The highest BCUT2D eigenvalue weighted by Gasteiger charge is 2.40. The molecule has 1 fully saturated rings. The van der Waals surface area contributed by atoms with Crippen molar-refractivity contribution in [2.45, 2.75) is 76.1 Å². The smallest absolute Gasteiger partial charge is 0.305 e. The number of allylic oxidation sites excluding steroid dienone is 3. The predicted octanol–water partition coefficient (Wildman–Crippen LogP) is 5.01. The molecule has 0 aliphatic heterocycles. The van der Waals surface area contributed by atoms with Gasteiger partial charge in [-0.3, -0.25) is 9.59 Å². The lowest BCUT2D eigenvalue weighted by molar-refractivity contribution is -0.140. The van der Waals surface area contributed by atoms with Gasteiger partial charge in [0.25, 0.3) is 0 Å². The molecule has 0 aromatic rings. The van der Waals surface area contributed by atoms with Gasteiger partial charge in [0.15, 0.2) is 0 Å². The molecule has 4 atom stereocenters. The summed E-state index contributed by atoms with van der Waals surface area (Å²) in [5.41, 5.74) is 0. The molecule has 0 spiro atoms. The van der Waals surface area contributed by atoms with Crippen molar-refractivity contribution in [1.29, 1.82) is 0 Å². The minimum Gasteiger partial charge on any atom is -0.469 e. The number of carbonyl (C=O) groups is 2. The average Bonchev–Trinajstić information content (AvgIpc) is 3.01. The van der Waals surface area contributed by atoms with Crippen LogP contribution >= 0.6 is 24.4 Å². The minimum absolute atomic E-state index is 0.0247. The second kappa shape index (κ2) is 16.0. The van der Waals surface area contributed by atoms with E-state index in [1.165, 1.54) is 7.11 Å². The summed E-state index contributed by atoms with van der Waals surface area (Å²) in [5.74, 6) is 2.00. The van der Waals surface area contributed by atoms with E-state index in [4.69, 9.17) is 0 Å². The fourth-order valence-electron chi connectivity index (χ4n) is 3.66. The van der Waals surface area contributed by atoms with Crippen LogP contribution in [0.2, 0.25) is 0 Å². The molecule has 1 saturated carbocycles. The zero-order valence-electron chi connectivity index (χ0n) is 17.9. The summed E-state index contributed by atoms with van der Waals surface area (Å²) in [6.45, 7) is 2.16. The van der Waals surface area contributed by atoms with E-state index in [1.54, 1.807) is 0 Å². The number of unbranched alkanes of at least 4 members (excludes halogenated alkanes) is 3.